The van der Waals surface area contributed by atoms with Crippen LogP contribution in [0.4, 0.5) is 5.69 Å². The molecule has 0 bridgehead atoms. The molecule has 1 amide bonds. The minimum Gasteiger partial charge on any atom is -0.497 e. The van der Waals surface area contributed by atoms with Crippen LogP contribution in [0.3, 0.4) is 0 Å². The largest absolute Gasteiger partial charge is 0.497 e. The van der Waals surface area contributed by atoms with Crippen LogP contribution in [0.15, 0.2) is 65.3 Å². The van der Waals surface area contributed by atoms with E-state index in [2.05, 4.69) is 20.1 Å². The summed E-state index contributed by atoms with van der Waals surface area (Å²) in [5.74, 6) is 1.60. The third kappa shape index (κ3) is 4.93. The number of nitro benzene ring substituents is 1. The Hall–Kier alpha value is -4.58. The lowest BCUT2D eigenvalue weighted by molar-refractivity contribution is -0.384. The van der Waals surface area contributed by atoms with Gasteiger partial charge >= 0.3 is 0 Å². The monoisotopic (exact) mass is 489 g/mol. The van der Waals surface area contributed by atoms with Gasteiger partial charge in [-0.2, -0.15) is 10.1 Å². The van der Waals surface area contributed by atoms with Crippen LogP contribution in [0, 0.1) is 10.1 Å². The van der Waals surface area contributed by atoms with Crippen LogP contribution in [-0.2, 0) is 6.54 Å². The number of hydrogen-bond acceptors (Lipinski definition) is 9. The maximum Gasteiger partial charge on any atom is 0.274 e. The summed E-state index contributed by atoms with van der Waals surface area (Å²) < 4.78 is 12.1. The molecule has 0 saturated carbocycles. The summed E-state index contributed by atoms with van der Waals surface area (Å²) in [6.07, 6.45) is 1.62. The van der Waals surface area contributed by atoms with Crippen molar-refractivity contribution in [2.45, 2.75) is 6.54 Å². The molecule has 184 valence electrons. The lowest BCUT2D eigenvalue weighted by Gasteiger charge is -2.33. The molecule has 12 nitrogen and oxygen atoms in total. The molecule has 0 spiro atoms. The van der Waals surface area contributed by atoms with E-state index in [1.807, 2.05) is 24.3 Å². The molecule has 36 heavy (non-hydrogen) atoms. The molecular weight excluding hydrogens is 466 g/mol. The second kappa shape index (κ2) is 9.96. The van der Waals surface area contributed by atoms with E-state index < -0.39 is 4.92 Å². The first-order valence-electron chi connectivity index (χ1n) is 11.3. The number of piperazine rings is 1. The first-order chi connectivity index (χ1) is 17.5. The minimum absolute atomic E-state index is 0.0376. The lowest BCUT2D eigenvalue weighted by atomic mass is 10.2. The number of carbonyl (C=O) groups excluding carboxylic acids is 1. The number of rotatable bonds is 7. The normalized spacial score (nSPS) is 14.1. The number of nitro groups is 1. The number of benzene rings is 2. The summed E-state index contributed by atoms with van der Waals surface area (Å²) in [6.45, 7) is 2.85. The van der Waals surface area contributed by atoms with Gasteiger partial charge in [0.1, 0.15) is 5.75 Å². The summed E-state index contributed by atoms with van der Waals surface area (Å²) >= 11 is 0. The van der Waals surface area contributed by atoms with Crippen molar-refractivity contribution in [3.63, 3.8) is 0 Å². The van der Waals surface area contributed by atoms with E-state index in [4.69, 9.17) is 9.26 Å². The van der Waals surface area contributed by atoms with Gasteiger partial charge in [-0.25, -0.2) is 4.68 Å². The fraction of sp³-hybridized carbons (Fsp3) is 0.250. The Labute approximate surface area is 205 Å². The molecule has 0 unspecified atom stereocenters. The van der Waals surface area contributed by atoms with Gasteiger partial charge in [0.05, 0.1) is 24.3 Å². The van der Waals surface area contributed by atoms with Gasteiger partial charge in [-0.05, 0) is 36.4 Å². The maximum absolute atomic E-state index is 13.0. The molecule has 2 aromatic carbocycles. The van der Waals surface area contributed by atoms with E-state index in [9.17, 15) is 14.9 Å². The molecule has 0 radical (unpaired) electrons. The summed E-state index contributed by atoms with van der Waals surface area (Å²) in [5, 5.41) is 19.4. The van der Waals surface area contributed by atoms with Crippen LogP contribution < -0.4 is 4.74 Å². The van der Waals surface area contributed by atoms with Crippen LogP contribution in [0.2, 0.25) is 0 Å². The van der Waals surface area contributed by atoms with Gasteiger partial charge in [0, 0.05) is 50.1 Å². The molecule has 1 aliphatic rings. The maximum atomic E-state index is 13.0. The number of ether oxygens (including phenoxy) is 1. The van der Waals surface area contributed by atoms with Gasteiger partial charge in [-0.3, -0.25) is 19.8 Å². The van der Waals surface area contributed by atoms with Gasteiger partial charge in [-0.15, -0.1) is 0 Å². The highest BCUT2D eigenvalue weighted by Gasteiger charge is 2.25. The molecule has 4 aromatic rings. The van der Waals surface area contributed by atoms with Gasteiger partial charge in [-0.1, -0.05) is 11.2 Å². The Balaban J connectivity index is 1.17. The van der Waals surface area contributed by atoms with Gasteiger partial charge < -0.3 is 14.2 Å². The fourth-order valence-electron chi connectivity index (χ4n) is 3.97. The summed E-state index contributed by atoms with van der Waals surface area (Å²) in [4.78, 5) is 31.9. The first-order valence-corrected chi connectivity index (χ1v) is 11.3. The van der Waals surface area contributed by atoms with E-state index >= 15 is 0 Å². The van der Waals surface area contributed by atoms with Crippen LogP contribution in [0.5, 0.6) is 5.75 Å². The summed E-state index contributed by atoms with van der Waals surface area (Å²) in [5.41, 5.74) is 1.60. The molecule has 0 atom stereocenters. The number of aromatic nitrogens is 4. The second-order valence-electron chi connectivity index (χ2n) is 8.23. The third-order valence-electron chi connectivity index (χ3n) is 5.95. The molecule has 1 aliphatic heterocycles. The van der Waals surface area contributed by atoms with Crippen LogP contribution in [0.1, 0.15) is 16.4 Å². The number of hydrogen-bond donors (Lipinski definition) is 0. The van der Waals surface area contributed by atoms with Crippen molar-refractivity contribution in [2.24, 2.45) is 0 Å². The number of nitrogens with zero attached hydrogens (tertiary/aromatic N) is 7. The quantitative estimate of drug-likeness (QED) is 0.284. The zero-order valence-electron chi connectivity index (χ0n) is 19.5. The predicted molar refractivity (Wildman–Crippen MR) is 128 cm³/mol. The number of methoxy groups -OCH3 is 1. The van der Waals surface area contributed by atoms with Gasteiger partial charge in [0.2, 0.25) is 11.7 Å². The standard InChI is InChI=1S/C24H23N7O5/c1-35-20-7-5-17(6-8-20)23-25-22(36-27-23)16-28-11-13-29(14-12-28)24(32)21-9-10-30(26-21)18-3-2-4-19(15-18)31(33)34/h2-10,15H,11-14,16H2,1H3. The fourth-order valence-corrected chi connectivity index (χ4v) is 3.97. The highest BCUT2D eigenvalue weighted by Crippen LogP contribution is 2.21. The summed E-state index contributed by atoms with van der Waals surface area (Å²) in [6, 6.07) is 15.2. The van der Waals surface area contributed by atoms with Crippen molar-refractivity contribution >= 4 is 11.6 Å². The van der Waals surface area contributed by atoms with E-state index in [0.717, 1.165) is 11.3 Å². The van der Waals surface area contributed by atoms with Crippen molar-refractivity contribution in [1.29, 1.82) is 0 Å². The Morgan fingerprint density at radius 2 is 1.89 bits per heavy atom. The third-order valence-corrected chi connectivity index (χ3v) is 5.95. The molecule has 1 saturated heterocycles. The van der Waals surface area contributed by atoms with Crippen LogP contribution >= 0.6 is 0 Å². The molecular formula is C24H23N7O5. The van der Waals surface area contributed by atoms with E-state index in [-0.39, 0.29) is 17.3 Å². The van der Waals surface area contributed by atoms with Crippen molar-refractivity contribution in [2.75, 3.05) is 33.3 Å². The van der Waals surface area contributed by atoms with Crippen molar-refractivity contribution in [3.05, 3.63) is 82.5 Å². The highest BCUT2D eigenvalue weighted by molar-refractivity contribution is 5.92. The van der Waals surface area contributed by atoms with Crippen LogP contribution in [-0.4, -0.2) is 73.8 Å². The summed E-state index contributed by atoms with van der Waals surface area (Å²) in [7, 11) is 1.61. The first kappa shape index (κ1) is 23.2. The van der Waals surface area contributed by atoms with Crippen molar-refractivity contribution in [1.82, 2.24) is 29.7 Å². The minimum atomic E-state index is -0.466. The SMILES string of the molecule is COc1ccc(-c2noc(CN3CCN(C(=O)c4ccn(-c5cccc([N+](=O)[O-])c5)n4)CC3)n2)cc1. The molecule has 1 fully saturated rings. The highest BCUT2D eigenvalue weighted by atomic mass is 16.6. The molecule has 0 N–H and O–H groups in total. The molecule has 5 rings (SSSR count). The number of carbonyl (C=O) groups is 1. The Kier molecular flexibility index (Phi) is 6.41. The lowest BCUT2D eigenvalue weighted by Crippen LogP contribution is -2.48. The molecule has 0 aliphatic carbocycles. The van der Waals surface area contributed by atoms with Gasteiger partial charge in [0.15, 0.2) is 5.69 Å². The second-order valence-corrected chi connectivity index (χ2v) is 8.23. The average Bonchev–Trinajstić information content (AvgIpc) is 3.59. The topological polar surface area (TPSA) is 133 Å². The molecule has 3 heterocycles. The molecule has 2 aromatic heterocycles. The zero-order valence-corrected chi connectivity index (χ0v) is 19.5. The van der Waals surface area contributed by atoms with Crippen molar-refractivity contribution in [3.8, 4) is 22.8 Å². The van der Waals surface area contributed by atoms with E-state index in [0.29, 0.717) is 50.1 Å². The zero-order chi connectivity index (χ0) is 25.1. The van der Waals surface area contributed by atoms with Crippen LogP contribution in [0.25, 0.3) is 17.1 Å². The van der Waals surface area contributed by atoms with E-state index in [1.54, 1.807) is 36.4 Å². The Bertz CT molecular complexity index is 1370. The van der Waals surface area contributed by atoms with Crippen molar-refractivity contribution < 1.29 is 19.0 Å². The number of non-ortho nitro benzene ring substituents is 1. The van der Waals surface area contributed by atoms with E-state index in [1.165, 1.54) is 16.8 Å². The number of amides is 1. The smallest absolute Gasteiger partial charge is 0.274 e. The predicted octanol–water partition coefficient (Wildman–Crippen LogP) is 2.80. The Morgan fingerprint density at radius 1 is 1.11 bits per heavy atom. The average molecular weight is 489 g/mol. The van der Waals surface area contributed by atoms with Gasteiger partial charge in [0.25, 0.3) is 11.6 Å². The Morgan fingerprint density at radius 3 is 2.61 bits per heavy atom. The molecule has 12 heteroatoms.